The molecule has 0 radical (unpaired) electrons. The Kier molecular flexibility index (Phi) is 8.52. The third-order valence-electron chi connectivity index (χ3n) is 8.81. The van der Waals surface area contributed by atoms with Crippen LogP contribution in [0.2, 0.25) is 0 Å². The van der Waals surface area contributed by atoms with E-state index in [0.29, 0.717) is 0 Å². The van der Waals surface area contributed by atoms with Gasteiger partial charge in [0.25, 0.3) is 0 Å². The van der Waals surface area contributed by atoms with Gasteiger partial charge in [0.1, 0.15) is 0 Å². The molecule has 220 valence electrons. The van der Waals surface area contributed by atoms with Crippen molar-refractivity contribution in [3.05, 3.63) is 133 Å². The first kappa shape index (κ1) is 30.3. The number of nitrogens with zero attached hydrogens (tertiary/aromatic N) is 4. The second-order valence-corrected chi connectivity index (χ2v) is 16.0. The first-order valence-corrected chi connectivity index (χ1v) is 17.2. The van der Waals surface area contributed by atoms with Crippen molar-refractivity contribution >= 4 is 41.7 Å². The van der Waals surface area contributed by atoms with Gasteiger partial charge in [0.2, 0.25) is 8.07 Å². The van der Waals surface area contributed by atoms with Crippen LogP contribution in [0, 0.1) is 0 Å². The maximum absolute atomic E-state index is 5.42. The van der Waals surface area contributed by atoms with Crippen molar-refractivity contribution in [2.75, 3.05) is 0 Å². The summed E-state index contributed by atoms with van der Waals surface area (Å²) >= 11 is 4.81. The second kappa shape index (κ2) is 12.4. The molecule has 8 rings (SSSR count). The Balaban J connectivity index is 0.000000381. The predicted octanol–water partition coefficient (Wildman–Crippen LogP) is 5.06. The number of hydrogen-bond acceptors (Lipinski definition) is 4. The molecule has 2 aliphatic rings. The van der Waals surface area contributed by atoms with E-state index in [9.17, 15) is 0 Å². The van der Waals surface area contributed by atoms with Crippen molar-refractivity contribution in [2.24, 2.45) is 0 Å². The van der Waals surface area contributed by atoms with Gasteiger partial charge >= 0.3 is 21.1 Å². The molecular weight excluding hydrogens is 756 g/mol. The van der Waals surface area contributed by atoms with Gasteiger partial charge in [0.05, 0.1) is 0 Å². The third-order valence-corrected chi connectivity index (χ3v) is 13.7. The minimum Gasteiger partial charge on any atom is -0.780 e. The van der Waals surface area contributed by atoms with E-state index < -0.39 is 8.07 Å². The molecule has 4 heterocycles. The van der Waals surface area contributed by atoms with E-state index >= 15 is 0 Å². The Bertz CT molecular complexity index is 1860. The molecule has 3 aromatic carbocycles. The maximum atomic E-state index is 5.42. The molecule has 6 aromatic rings. The molecule has 0 saturated carbocycles. The molecule has 0 bridgehead atoms. The molecular formula is C37H32N4PtSSi. The Hall–Kier alpha value is -3.70. The first-order valence-electron chi connectivity index (χ1n) is 14.8. The number of pyridine rings is 2. The number of aromatic nitrogens is 4. The van der Waals surface area contributed by atoms with E-state index in [2.05, 4.69) is 97.8 Å². The molecule has 0 atom stereocenters. The van der Waals surface area contributed by atoms with Crippen LogP contribution in [0.15, 0.2) is 126 Å². The Morgan fingerprint density at radius 1 is 0.727 bits per heavy atom. The normalized spacial score (nSPS) is 15.0. The van der Waals surface area contributed by atoms with Crippen molar-refractivity contribution in [3.63, 3.8) is 0 Å². The zero-order chi connectivity index (χ0) is 29.4. The van der Waals surface area contributed by atoms with Gasteiger partial charge in [-0.2, -0.15) is 4.90 Å². The molecule has 44 heavy (non-hydrogen) atoms. The van der Waals surface area contributed by atoms with Crippen LogP contribution >= 0.6 is 0 Å². The quantitative estimate of drug-likeness (QED) is 0.186. The number of rotatable bonds is 3. The van der Waals surface area contributed by atoms with Crippen molar-refractivity contribution in [2.45, 2.75) is 43.4 Å². The monoisotopic (exact) mass is 787 g/mol. The smallest absolute Gasteiger partial charge is 0.780 e. The van der Waals surface area contributed by atoms with Crippen LogP contribution in [0.5, 0.6) is 0 Å². The summed E-state index contributed by atoms with van der Waals surface area (Å²) in [7, 11) is -2.70. The average Bonchev–Trinajstić information content (AvgIpc) is 3.62. The molecule has 4 nitrogen and oxygen atoms in total. The summed E-state index contributed by atoms with van der Waals surface area (Å²) in [6.07, 6.45) is 5.24. The van der Waals surface area contributed by atoms with Gasteiger partial charge in [-0.3, -0.25) is 9.97 Å². The second-order valence-electron chi connectivity index (χ2n) is 11.9. The van der Waals surface area contributed by atoms with E-state index in [1.165, 1.54) is 27.1 Å². The van der Waals surface area contributed by atoms with Gasteiger partial charge < -0.3 is 22.8 Å². The topological polar surface area (TPSA) is 52.8 Å². The van der Waals surface area contributed by atoms with E-state index in [1.54, 1.807) is 0 Å². The predicted molar refractivity (Wildman–Crippen MR) is 179 cm³/mol. The van der Waals surface area contributed by atoms with Crippen LogP contribution in [-0.2, 0) is 45.5 Å². The molecule has 0 spiro atoms. The molecule has 1 aliphatic heterocycles. The van der Waals surface area contributed by atoms with E-state index in [1.807, 2.05) is 42.6 Å². The molecule has 0 N–H and O–H groups in total. The maximum Gasteiger partial charge on any atom is 2.00 e. The summed E-state index contributed by atoms with van der Waals surface area (Å²) in [5, 5.41) is 14.3. The van der Waals surface area contributed by atoms with Crippen molar-refractivity contribution in [1.82, 2.24) is 20.2 Å². The fourth-order valence-corrected chi connectivity index (χ4v) is 11.8. The van der Waals surface area contributed by atoms with Crippen LogP contribution < -0.4 is 26.1 Å². The summed E-state index contributed by atoms with van der Waals surface area (Å²) in [6.45, 7) is 4.56. The fraction of sp³-hybridized carbons (Fsp3) is 0.162. The third kappa shape index (κ3) is 5.09. The minimum absolute atomic E-state index is 0. The summed E-state index contributed by atoms with van der Waals surface area (Å²) < 4.78 is 0. The number of fused-ring (bicyclic) bond motifs is 4. The molecule has 0 fully saturated rings. The zero-order valence-electron chi connectivity index (χ0n) is 24.7. The van der Waals surface area contributed by atoms with Crippen molar-refractivity contribution in [1.29, 1.82) is 0 Å². The van der Waals surface area contributed by atoms with Crippen LogP contribution in [0.1, 0.15) is 37.9 Å². The number of benzene rings is 3. The summed E-state index contributed by atoms with van der Waals surface area (Å²) in [4.78, 5) is 11.3. The Morgan fingerprint density at radius 3 is 2.00 bits per heavy atom. The van der Waals surface area contributed by atoms with Gasteiger partial charge in [0, 0.05) is 33.6 Å². The van der Waals surface area contributed by atoms with Crippen molar-refractivity contribution < 1.29 is 21.1 Å². The molecule has 1 aliphatic carbocycles. The Labute approximate surface area is 280 Å². The molecule has 0 amide bonds. The summed E-state index contributed by atoms with van der Waals surface area (Å²) in [5.74, 6) is 0. The van der Waals surface area contributed by atoms with Crippen LogP contribution in [0.4, 0.5) is 0 Å². The zero-order valence-corrected chi connectivity index (χ0v) is 28.8. The standard InChI is InChI=1S/C31H27N4Si.C6H6S.Pt/c1-31(2)19-10-13-23-29(34-35-30(23)31)24-14-9-18-28(33-24)36(27-17-7-8-20-32-27)25-15-5-3-11-21(25)22-12-4-6-16-26(22)36;7-6-4-2-1-3-5-6;/h3-9,11-12,14-18,20H,10,13,19H2,1-2H3;1-5,7H;/q-1;;+2/p-1. The molecule has 0 unspecified atom stereocenters. The minimum atomic E-state index is -2.70. The molecule has 7 heteroatoms. The number of hydrogen-bond donors (Lipinski definition) is 0. The van der Waals surface area contributed by atoms with Gasteiger partial charge in [-0.1, -0.05) is 111 Å². The van der Waals surface area contributed by atoms with Crippen LogP contribution in [-0.4, -0.2) is 23.1 Å². The summed E-state index contributed by atoms with van der Waals surface area (Å²) in [6, 6.07) is 40.0. The fourth-order valence-electron chi connectivity index (χ4n) is 6.84. The van der Waals surface area contributed by atoms with E-state index in [0.717, 1.165) is 51.9 Å². The van der Waals surface area contributed by atoms with Gasteiger partial charge in [-0.05, 0) is 70.6 Å². The van der Waals surface area contributed by atoms with Crippen LogP contribution in [0.25, 0.3) is 22.5 Å². The van der Waals surface area contributed by atoms with E-state index in [4.69, 9.17) is 27.7 Å². The van der Waals surface area contributed by atoms with Gasteiger partial charge in [-0.25, -0.2) is 0 Å². The average molecular weight is 788 g/mol. The summed E-state index contributed by atoms with van der Waals surface area (Å²) in [5.41, 5.74) is 6.94. The molecule has 0 saturated heterocycles. The van der Waals surface area contributed by atoms with Crippen LogP contribution in [0.3, 0.4) is 0 Å². The largest absolute Gasteiger partial charge is 2.00 e. The van der Waals surface area contributed by atoms with Gasteiger partial charge in [0.15, 0.2) is 0 Å². The van der Waals surface area contributed by atoms with Gasteiger partial charge in [-0.15, -0.1) is 0 Å². The molecule has 3 aromatic heterocycles. The SMILES string of the molecule is CC1(C)CCCc2c1n[n-]c2-c1cccc([Si]2(c3ccccn3)c3ccccc3-c3ccccc32)n1.[Pt+2].[S-]c1ccccc1. The first-order chi connectivity index (χ1) is 21.0. The van der Waals surface area contributed by atoms with Crippen molar-refractivity contribution in [3.8, 4) is 22.5 Å². The van der Waals surface area contributed by atoms with E-state index in [-0.39, 0.29) is 26.5 Å². The Morgan fingerprint density at radius 2 is 1.36 bits per heavy atom.